The molecular weight excluding hydrogens is 394 g/mol. The molecule has 0 radical (unpaired) electrons. The number of hydrogen-bond acceptors (Lipinski definition) is 6. The van der Waals surface area contributed by atoms with Crippen molar-refractivity contribution in [1.29, 1.82) is 0 Å². The average molecular weight is 410 g/mol. The normalized spacial score (nSPS) is 11.9. The van der Waals surface area contributed by atoms with Crippen LogP contribution in [0.15, 0.2) is 25.6 Å². The van der Waals surface area contributed by atoms with Crippen molar-refractivity contribution in [2.24, 2.45) is 0 Å². The first kappa shape index (κ1) is 17.0. The number of nitrogens with one attached hydrogen (secondary N) is 2. The molecule has 0 saturated heterocycles. The summed E-state index contributed by atoms with van der Waals surface area (Å²) in [5.74, 6) is 0. The van der Waals surface area contributed by atoms with Crippen molar-refractivity contribution in [1.82, 2.24) is 15.0 Å². The van der Waals surface area contributed by atoms with Crippen molar-refractivity contribution in [2.75, 3.05) is 13.1 Å². The largest absolute Gasteiger partial charge is 0.312 e. The zero-order chi connectivity index (χ0) is 15.3. The Morgan fingerprint density at radius 3 is 2.90 bits per heavy atom. The summed E-state index contributed by atoms with van der Waals surface area (Å²) in [6.45, 7) is 3.88. The molecule has 2 rings (SSSR count). The number of hydrogen-bond donors (Lipinski definition) is 2. The Morgan fingerprint density at radius 2 is 2.24 bits per heavy atom. The highest BCUT2D eigenvalue weighted by Crippen LogP contribution is 2.31. The van der Waals surface area contributed by atoms with Gasteiger partial charge in [0.1, 0.15) is 4.90 Å². The fourth-order valence-corrected chi connectivity index (χ4v) is 5.94. The van der Waals surface area contributed by atoms with Gasteiger partial charge >= 0.3 is 0 Å². The minimum absolute atomic E-state index is 0.304. The number of halogens is 1. The van der Waals surface area contributed by atoms with Crippen molar-refractivity contribution in [3.8, 4) is 0 Å². The van der Waals surface area contributed by atoms with E-state index in [2.05, 4.69) is 31.0 Å². The van der Waals surface area contributed by atoms with Crippen molar-refractivity contribution in [3.05, 3.63) is 31.3 Å². The van der Waals surface area contributed by atoms with E-state index in [9.17, 15) is 8.42 Å². The summed E-state index contributed by atoms with van der Waals surface area (Å²) < 4.78 is 27.8. The minimum Gasteiger partial charge on any atom is -0.312 e. The molecule has 0 saturated carbocycles. The van der Waals surface area contributed by atoms with Gasteiger partial charge in [0, 0.05) is 29.8 Å². The topological polar surface area (TPSA) is 71.1 Å². The van der Waals surface area contributed by atoms with Crippen LogP contribution in [0.1, 0.15) is 17.5 Å². The molecule has 21 heavy (non-hydrogen) atoms. The fourth-order valence-electron chi connectivity index (χ4n) is 1.67. The summed E-state index contributed by atoms with van der Waals surface area (Å²) in [5.41, 5.74) is 2.65. The molecule has 0 aliphatic carbocycles. The monoisotopic (exact) mass is 409 g/mol. The van der Waals surface area contributed by atoms with Crippen LogP contribution < -0.4 is 10.0 Å². The first-order valence-electron chi connectivity index (χ1n) is 6.38. The number of rotatable bonds is 8. The molecule has 2 N–H and O–H groups in total. The maximum Gasteiger partial charge on any atom is 0.242 e. The Labute approximate surface area is 141 Å². The molecule has 9 heteroatoms. The van der Waals surface area contributed by atoms with Gasteiger partial charge in [0.25, 0.3) is 0 Å². The summed E-state index contributed by atoms with van der Waals surface area (Å²) >= 11 is 6.28. The van der Waals surface area contributed by atoms with E-state index >= 15 is 0 Å². The Hall–Kier alpha value is -0.320. The van der Waals surface area contributed by atoms with E-state index in [0.29, 0.717) is 28.2 Å². The third-order valence-electron chi connectivity index (χ3n) is 2.70. The molecule has 2 heterocycles. The van der Waals surface area contributed by atoms with Gasteiger partial charge < -0.3 is 5.32 Å². The number of nitrogens with zero attached hydrogens (tertiary/aromatic N) is 1. The third kappa shape index (κ3) is 4.83. The first-order chi connectivity index (χ1) is 10.0. The van der Waals surface area contributed by atoms with Crippen LogP contribution in [0, 0.1) is 0 Å². The molecule has 5 nitrogen and oxygen atoms in total. The molecule has 0 aliphatic rings. The number of thiophene rings is 1. The van der Waals surface area contributed by atoms with Crippen molar-refractivity contribution in [2.45, 2.75) is 24.8 Å². The van der Waals surface area contributed by atoms with Crippen molar-refractivity contribution >= 4 is 48.6 Å². The lowest BCUT2D eigenvalue weighted by Crippen LogP contribution is -2.26. The highest BCUT2D eigenvalue weighted by atomic mass is 79.9. The second-order valence-corrected chi connectivity index (χ2v) is 9.17. The standard InChI is InChI=1S/C12H16BrN3O2S3/c1-2-14-6-10-5-11(12(13)20-10)21(17,18)16-4-3-9-7-19-8-15-9/h5,7-8,14,16H,2-4,6H2,1H3. The summed E-state index contributed by atoms with van der Waals surface area (Å²) in [6.07, 6.45) is 0.592. The van der Waals surface area contributed by atoms with E-state index in [-0.39, 0.29) is 0 Å². The maximum atomic E-state index is 12.3. The molecule has 0 aliphatic heterocycles. The van der Waals surface area contributed by atoms with Crippen LogP contribution in [-0.2, 0) is 23.0 Å². The van der Waals surface area contributed by atoms with Gasteiger partial charge in [0.2, 0.25) is 10.0 Å². The zero-order valence-corrected chi connectivity index (χ0v) is 15.5. The summed E-state index contributed by atoms with van der Waals surface area (Å²) in [6, 6.07) is 1.71. The van der Waals surface area contributed by atoms with Crippen LogP contribution in [0.5, 0.6) is 0 Å². The Kier molecular flexibility index (Phi) is 6.33. The molecule has 2 aromatic heterocycles. The van der Waals surface area contributed by atoms with Crippen LogP contribution in [0.25, 0.3) is 0 Å². The molecule has 0 amide bonds. The van der Waals surface area contributed by atoms with Gasteiger partial charge in [-0.2, -0.15) is 0 Å². The predicted octanol–water partition coefficient (Wildman–Crippen LogP) is 2.60. The van der Waals surface area contributed by atoms with Gasteiger partial charge in [-0.05, 0) is 28.5 Å². The number of sulfonamides is 1. The molecule has 0 spiro atoms. The maximum absolute atomic E-state index is 12.3. The highest BCUT2D eigenvalue weighted by molar-refractivity contribution is 9.11. The third-order valence-corrected chi connectivity index (χ3v) is 7.05. The molecule has 0 atom stereocenters. The quantitative estimate of drug-likeness (QED) is 0.702. The Bertz CT molecular complexity index is 668. The summed E-state index contributed by atoms with van der Waals surface area (Å²) in [5, 5.41) is 5.11. The van der Waals surface area contributed by atoms with E-state index in [0.717, 1.165) is 17.1 Å². The van der Waals surface area contributed by atoms with Gasteiger partial charge in [-0.15, -0.1) is 22.7 Å². The molecule has 116 valence electrons. The van der Waals surface area contributed by atoms with Crippen LogP contribution in [-0.4, -0.2) is 26.5 Å². The fraction of sp³-hybridized carbons (Fsp3) is 0.417. The van der Waals surface area contributed by atoms with E-state index in [1.807, 2.05) is 12.3 Å². The van der Waals surface area contributed by atoms with E-state index in [1.54, 1.807) is 11.6 Å². The van der Waals surface area contributed by atoms with Crippen LogP contribution in [0.2, 0.25) is 0 Å². The average Bonchev–Trinajstić information content (AvgIpc) is 3.06. The van der Waals surface area contributed by atoms with Crippen molar-refractivity contribution < 1.29 is 8.42 Å². The zero-order valence-electron chi connectivity index (χ0n) is 11.4. The highest BCUT2D eigenvalue weighted by Gasteiger charge is 2.20. The number of aromatic nitrogens is 1. The van der Waals surface area contributed by atoms with Gasteiger partial charge in [0.15, 0.2) is 0 Å². The van der Waals surface area contributed by atoms with Gasteiger partial charge in [0.05, 0.1) is 15.0 Å². The lowest BCUT2D eigenvalue weighted by molar-refractivity contribution is 0.581. The van der Waals surface area contributed by atoms with Gasteiger partial charge in [-0.3, -0.25) is 0 Å². The summed E-state index contributed by atoms with van der Waals surface area (Å²) in [7, 11) is -3.49. The minimum atomic E-state index is -3.49. The Morgan fingerprint density at radius 1 is 1.43 bits per heavy atom. The SMILES string of the molecule is CCNCc1cc(S(=O)(=O)NCCc2cscn2)c(Br)s1. The molecular formula is C12H16BrN3O2S3. The molecule has 0 bridgehead atoms. The van der Waals surface area contributed by atoms with E-state index in [1.165, 1.54) is 22.7 Å². The van der Waals surface area contributed by atoms with E-state index < -0.39 is 10.0 Å². The molecule has 0 aromatic carbocycles. The van der Waals surface area contributed by atoms with Gasteiger partial charge in [-0.1, -0.05) is 6.92 Å². The smallest absolute Gasteiger partial charge is 0.242 e. The number of thiazole rings is 1. The van der Waals surface area contributed by atoms with Crippen LogP contribution in [0.4, 0.5) is 0 Å². The molecule has 2 aromatic rings. The molecule has 0 fully saturated rings. The second-order valence-electron chi connectivity index (χ2n) is 4.26. The van der Waals surface area contributed by atoms with Crippen LogP contribution >= 0.6 is 38.6 Å². The van der Waals surface area contributed by atoms with Crippen molar-refractivity contribution in [3.63, 3.8) is 0 Å². The Balaban J connectivity index is 1.99. The predicted molar refractivity (Wildman–Crippen MR) is 90.4 cm³/mol. The second kappa shape index (κ2) is 7.80. The molecule has 0 unspecified atom stereocenters. The van der Waals surface area contributed by atoms with Gasteiger partial charge in [-0.25, -0.2) is 18.1 Å². The van der Waals surface area contributed by atoms with E-state index in [4.69, 9.17) is 0 Å². The van der Waals surface area contributed by atoms with Crippen LogP contribution in [0.3, 0.4) is 0 Å². The summed E-state index contributed by atoms with van der Waals surface area (Å²) in [4.78, 5) is 5.43. The lowest BCUT2D eigenvalue weighted by Gasteiger charge is -2.04. The first-order valence-corrected chi connectivity index (χ1v) is 10.4. The lowest BCUT2D eigenvalue weighted by atomic mass is 10.3.